The number of nitrogens with zero attached hydrogens (tertiary/aromatic N) is 2. The van der Waals surface area contributed by atoms with Crippen LogP contribution in [0.15, 0.2) is 53.6 Å². The molecule has 0 aliphatic carbocycles. The first-order valence-corrected chi connectivity index (χ1v) is 9.96. The molecule has 3 rings (SSSR count). The van der Waals surface area contributed by atoms with E-state index in [-0.39, 0.29) is 30.5 Å². The highest BCUT2D eigenvalue weighted by atomic mass is 16.5. The predicted octanol–water partition coefficient (Wildman–Crippen LogP) is 2.94. The molecule has 0 aliphatic rings. The van der Waals surface area contributed by atoms with Gasteiger partial charge in [-0.25, -0.2) is 4.98 Å². The molecule has 158 valence electrons. The fourth-order valence-electron chi connectivity index (χ4n) is 3.31. The number of fused-ring (bicyclic) bond motifs is 1. The van der Waals surface area contributed by atoms with Gasteiger partial charge in [0.1, 0.15) is 0 Å². The second-order valence-electron chi connectivity index (χ2n) is 7.21. The Morgan fingerprint density at radius 2 is 1.83 bits per heavy atom. The fourth-order valence-corrected chi connectivity index (χ4v) is 3.31. The lowest BCUT2D eigenvalue weighted by Crippen LogP contribution is -2.34. The minimum absolute atomic E-state index is 0.0564. The van der Waals surface area contributed by atoms with Gasteiger partial charge in [-0.15, -0.1) is 0 Å². The molecule has 2 aromatic carbocycles. The summed E-state index contributed by atoms with van der Waals surface area (Å²) in [5.41, 5.74) is 1.55. The largest absolute Gasteiger partial charge is 0.493 e. The minimum atomic E-state index is -0.217. The maximum atomic E-state index is 12.8. The number of nitrogens with one attached hydrogen (secondary N) is 1. The van der Waals surface area contributed by atoms with Gasteiger partial charge >= 0.3 is 0 Å². The monoisotopic (exact) mass is 409 g/mol. The van der Waals surface area contributed by atoms with E-state index >= 15 is 0 Å². The molecule has 1 aromatic heterocycles. The summed E-state index contributed by atoms with van der Waals surface area (Å²) in [6.45, 7) is 2.25. The van der Waals surface area contributed by atoms with Gasteiger partial charge in [-0.2, -0.15) is 0 Å². The molecule has 0 bridgehead atoms. The average molecular weight is 409 g/mol. The molecule has 0 radical (unpaired) electrons. The van der Waals surface area contributed by atoms with Gasteiger partial charge < -0.3 is 14.8 Å². The van der Waals surface area contributed by atoms with Gasteiger partial charge in [0.05, 0.1) is 31.4 Å². The molecule has 1 unspecified atom stereocenters. The number of rotatable bonds is 9. The van der Waals surface area contributed by atoms with Gasteiger partial charge in [0.15, 0.2) is 11.5 Å². The van der Waals surface area contributed by atoms with E-state index in [9.17, 15) is 9.59 Å². The SMILES string of the molecule is COc1cc2ncn(CCC(=O)NC(C)CCc3ccccc3)c(=O)c2cc1OC. The number of benzene rings is 2. The van der Waals surface area contributed by atoms with Crippen molar-refractivity contribution in [3.05, 3.63) is 64.7 Å². The van der Waals surface area contributed by atoms with Crippen molar-refractivity contribution < 1.29 is 14.3 Å². The molecule has 0 spiro atoms. The molecule has 3 aromatic rings. The van der Waals surface area contributed by atoms with E-state index in [4.69, 9.17) is 9.47 Å². The third kappa shape index (κ3) is 5.17. The summed E-state index contributed by atoms with van der Waals surface area (Å²) in [5.74, 6) is 0.889. The standard InChI is InChI=1S/C23H27N3O4/c1-16(9-10-17-7-5-4-6-8-17)25-22(27)11-12-26-15-24-19-14-21(30-3)20(29-2)13-18(19)23(26)28/h4-8,13-16H,9-12H2,1-3H3,(H,25,27). The Balaban J connectivity index is 1.60. The molecule has 1 N–H and O–H groups in total. The predicted molar refractivity (Wildman–Crippen MR) is 116 cm³/mol. The van der Waals surface area contributed by atoms with Crippen LogP contribution in [0.5, 0.6) is 11.5 Å². The lowest BCUT2D eigenvalue weighted by Gasteiger charge is -2.14. The molecule has 0 saturated heterocycles. The number of carbonyl (C=O) groups excluding carboxylic acids is 1. The van der Waals surface area contributed by atoms with E-state index in [1.54, 1.807) is 12.1 Å². The third-order valence-electron chi connectivity index (χ3n) is 5.03. The Bertz CT molecular complexity index is 1060. The topological polar surface area (TPSA) is 82.5 Å². The summed E-state index contributed by atoms with van der Waals surface area (Å²) in [6, 6.07) is 13.5. The molecule has 30 heavy (non-hydrogen) atoms. The number of ether oxygens (including phenoxy) is 2. The highest BCUT2D eigenvalue weighted by molar-refractivity contribution is 5.81. The summed E-state index contributed by atoms with van der Waals surface area (Å²) in [5, 5.41) is 3.42. The van der Waals surface area contributed by atoms with Gasteiger partial charge in [-0.05, 0) is 31.4 Å². The quantitative estimate of drug-likeness (QED) is 0.588. The molecular weight excluding hydrogens is 382 g/mol. The summed E-state index contributed by atoms with van der Waals surface area (Å²) >= 11 is 0. The van der Waals surface area contributed by atoms with Gasteiger partial charge in [-0.1, -0.05) is 30.3 Å². The van der Waals surface area contributed by atoms with Crippen LogP contribution in [0.2, 0.25) is 0 Å². The van der Waals surface area contributed by atoms with Crippen LogP contribution in [0, 0.1) is 0 Å². The first kappa shape index (κ1) is 21.4. The number of amides is 1. The molecule has 7 heteroatoms. The van der Waals surface area contributed by atoms with E-state index in [0.29, 0.717) is 22.4 Å². The van der Waals surface area contributed by atoms with Crippen molar-refractivity contribution in [2.45, 2.75) is 38.8 Å². The van der Waals surface area contributed by atoms with Crippen molar-refractivity contribution in [2.75, 3.05) is 14.2 Å². The lowest BCUT2D eigenvalue weighted by molar-refractivity contribution is -0.121. The minimum Gasteiger partial charge on any atom is -0.493 e. The molecule has 0 aliphatic heterocycles. The molecule has 0 saturated carbocycles. The summed E-state index contributed by atoms with van der Waals surface area (Å²) in [4.78, 5) is 29.4. The second-order valence-corrected chi connectivity index (χ2v) is 7.21. The maximum absolute atomic E-state index is 12.8. The molecule has 1 atom stereocenters. The van der Waals surface area contributed by atoms with Crippen molar-refractivity contribution in [2.24, 2.45) is 0 Å². The van der Waals surface area contributed by atoms with E-state index in [1.165, 1.54) is 30.7 Å². The average Bonchev–Trinajstić information content (AvgIpc) is 2.77. The maximum Gasteiger partial charge on any atom is 0.261 e. The van der Waals surface area contributed by atoms with Crippen LogP contribution in [0.3, 0.4) is 0 Å². The van der Waals surface area contributed by atoms with Crippen LogP contribution in [0.4, 0.5) is 0 Å². The van der Waals surface area contributed by atoms with Crippen molar-refractivity contribution in [1.29, 1.82) is 0 Å². The van der Waals surface area contributed by atoms with E-state index in [0.717, 1.165) is 12.8 Å². The number of hydrogen-bond donors (Lipinski definition) is 1. The van der Waals surface area contributed by atoms with Crippen molar-refractivity contribution in [3.8, 4) is 11.5 Å². The summed E-state index contributed by atoms with van der Waals surface area (Å²) < 4.78 is 12.0. The van der Waals surface area contributed by atoms with E-state index in [1.807, 2.05) is 25.1 Å². The second kappa shape index (κ2) is 9.91. The van der Waals surface area contributed by atoms with Gasteiger partial charge in [0.25, 0.3) is 5.56 Å². The zero-order valence-electron chi connectivity index (χ0n) is 17.6. The smallest absolute Gasteiger partial charge is 0.261 e. The van der Waals surface area contributed by atoms with Gasteiger partial charge in [0, 0.05) is 25.1 Å². The van der Waals surface area contributed by atoms with Gasteiger partial charge in [0.2, 0.25) is 5.91 Å². The molecule has 7 nitrogen and oxygen atoms in total. The number of methoxy groups -OCH3 is 2. The molecule has 1 heterocycles. The zero-order chi connectivity index (χ0) is 21.5. The third-order valence-corrected chi connectivity index (χ3v) is 5.03. The molecular formula is C23H27N3O4. The Hall–Kier alpha value is -3.35. The van der Waals surface area contributed by atoms with Crippen LogP contribution in [-0.4, -0.2) is 35.7 Å². The zero-order valence-corrected chi connectivity index (χ0v) is 17.6. The van der Waals surface area contributed by atoms with Crippen molar-refractivity contribution >= 4 is 16.8 Å². The van der Waals surface area contributed by atoms with Crippen LogP contribution >= 0.6 is 0 Å². The normalized spacial score (nSPS) is 11.8. The Morgan fingerprint density at radius 3 is 2.53 bits per heavy atom. The first-order chi connectivity index (χ1) is 14.5. The summed E-state index contributed by atoms with van der Waals surface area (Å²) in [6.07, 6.45) is 3.43. The molecule has 0 fully saturated rings. The van der Waals surface area contributed by atoms with Gasteiger partial charge in [-0.3, -0.25) is 14.2 Å². The van der Waals surface area contributed by atoms with Crippen LogP contribution in [0.1, 0.15) is 25.3 Å². The fraction of sp³-hybridized carbons (Fsp3) is 0.348. The van der Waals surface area contributed by atoms with Crippen LogP contribution < -0.4 is 20.3 Å². The van der Waals surface area contributed by atoms with E-state index < -0.39 is 0 Å². The number of hydrogen-bond acceptors (Lipinski definition) is 5. The molecule has 1 amide bonds. The Labute approximate surface area is 175 Å². The van der Waals surface area contributed by atoms with Crippen molar-refractivity contribution in [3.63, 3.8) is 0 Å². The number of aryl methyl sites for hydroxylation is 2. The Kier molecular flexibility index (Phi) is 7.06. The summed E-state index contributed by atoms with van der Waals surface area (Å²) in [7, 11) is 3.05. The first-order valence-electron chi connectivity index (χ1n) is 9.96. The van der Waals surface area contributed by atoms with Crippen LogP contribution in [-0.2, 0) is 17.8 Å². The highest BCUT2D eigenvalue weighted by Crippen LogP contribution is 2.29. The highest BCUT2D eigenvalue weighted by Gasteiger charge is 2.13. The lowest BCUT2D eigenvalue weighted by atomic mass is 10.1. The van der Waals surface area contributed by atoms with Crippen molar-refractivity contribution in [1.82, 2.24) is 14.9 Å². The van der Waals surface area contributed by atoms with Crippen LogP contribution in [0.25, 0.3) is 10.9 Å². The van der Waals surface area contributed by atoms with E-state index in [2.05, 4.69) is 22.4 Å². The number of carbonyl (C=O) groups is 1. The Morgan fingerprint density at radius 1 is 1.13 bits per heavy atom. The number of aromatic nitrogens is 2.